The largest absolute Gasteiger partial charge is 0.457 e. The fourth-order valence-corrected chi connectivity index (χ4v) is 11.7. The van der Waals surface area contributed by atoms with Crippen molar-refractivity contribution in [2.75, 3.05) is 6.54 Å². The quantitative estimate of drug-likeness (QED) is 0.151. The fourth-order valence-electron chi connectivity index (χ4n) is 6.12. The van der Waals surface area contributed by atoms with Crippen LogP contribution < -0.4 is 16.6 Å². The average Bonchev–Trinajstić information content (AvgIpc) is 3.24. The Kier molecular flexibility index (Phi) is 13.8. The molecule has 0 spiro atoms. The highest BCUT2D eigenvalue weighted by Crippen LogP contribution is 2.47. The molecule has 1 amide bonds. The number of hydrogen-bond donors (Lipinski definition) is 2. The first-order valence-electron chi connectivity index (χ1n) is 15.4. The average molecular weight is 610 g/mol. The minimum Gasteiger partial charge on any atom is -0.457 e. The van der Waals surface area contributed by atoms with Crippen molar-refractivity contribution < 1.29 is 28.3 Å². The van der Waals surface area contributed by atoms with Crippen molar-refractivity contribution in [1.29, 1.82) is 0 Å². The Morgan fingerprint density at radius 1 is 0.976 bits per heavy atom. The van der Waals surface area contributed by atoms with Gasteiger partial charge in [-0.1, -0.05) is 61.8 Å². The molecule has 1 aromatic heterocycles. The number of ketones is 1. The third-order valence-corrected chi connectivity index (χ3v) is 14.3. The number of Topliss-reactive ketones (excluding diaryl/α,β-unsaturated/α-hetero) is 1. The summed E-state index contributed by atoms with van der Waals surface area (Å²) in [6.07, 6.45) is 0.561. The third-order valence-electron chi connectivity index (χ3n) is 8.22. The number of nitrogens with zero attached hydrogens (tertiary/aromatic N) is 1. The van der Waals surface area contributed by atoms with Crippen molar-refractivity contribution in [3.8, 4) is 0 Å². The number of nitrogens with one attached hydrogen (secondary N) is 2. The van der Waals surface area contributed by atoms with Crippen LogP contribution in [0.2, 0.25) is 16.6 Å². The molecular weight excluding hydrogens is 558 g/mol. The lowest BCUT2D eigenvalue weighted by Crippen LogP contribution is -2.54. The van der Waals surface area contributed by atoms with E-state index < -0.39 is 50.1 Å². The van der Waals surface area contributed by atoms with E-state index in [0.717, 1.165) is 12.8 Å². The van der Waals surface area contributed by atoms with Gasteiger partial charge in [-0.05, 0) is 29.5 Å². The number of ether oxygens (including phenoxy) is 2. The summed E-state index contributed by atoms with van der Waals surface area (Å²) in [5, 5.41) is 2.78. The zero-order valence-electron chi connectivity index (χ0n) is 26.6. The summed E-state index contributed by atoms with van der Waals surface area (Å²) in [6, 6.07) is 1.25. The van der Waals surface area contributed by atoms with Gasteiger partial charge in [0.25, 0.3) is 5.56 Å². The molecule has 42 heavy (non-hydrogen) atoms. The predicted molar refractivity (Wildman–Crippen MR) is 163 cm³/mol. The molecule has 1 fully saturated rings. The summed E-state index contributed by atoms with van der Waals surface area (Å²) in [4.78, 5) is 64.3. The van der Waals surface area contributed by atoms with Crippen LogP contribution in [0.3, 0.4) is 0 Å². The van der Waals surface area contributed by atoms with Crippen molar-refractivity contribution >= 4 is 26.0 Å². The second-order valence-electron chi connectivity index (χ2n) is 12.1. The van der Waals surface area contributed by atoms with E-state index in [1.807, 2.05) is 13.8 Å². The van der Waals surface area contributed by atoms with Crippen molar-refractivity contribution in [2.24, 2.45) is 0 Å². The molecule has 2 N–H and O–H groups in total. The van der Waals surface area contributed by atoms with E-state index in [1.165, 1.54) is 16.8 Å². The van der Waals surface area contributed by atoms with Gasteiger partial charge in [0, 0.05) is 38.1 Å². The summed E-state index contributed by atoms with van der Waals surface area (Å²) in [6.45, 7) is 17.3. The van der Waals surface area contributed by atoms with Crippen LogP contribution in [0.4, 0.5) is 0 Å². The molecule has 2 rings (SSSR count). The van der Waals surface area contributed by atoms with Crippen LogP contribution in [0.15, 0.2) is 21.9 Å². The van der Waals surface area contributed by atoms with E-state index in [2.05, 4.69) is 51.8 Å². The van der Waals surface area contributed by atoms with Crippen molar-refractivity contribution in [1.82, 2.24) is 14.9 Å². The van der Waals surface area contributed by atoms with Gasteiger partial charge in [-0.25, -0.2) is 4.79 Å². The molecule has 1 saturated heterocycles. The normalized spacial score (nSPS) is 20.8. The Balaban J connectivity index is 2.27. The number of aromatic nitrogens is 2. The Labute approximate surface area is 250 Å². The van der Waals surface area contributed by atoms with Gasteiger partial charge in [0.15, 0.2) is 12.3 Å². The van der Waals surface area contributed by atoms with Crippen molar-refractivity contribution in [3.05, 3.63) is 33.1 Å². The number of hydrogen-bond acceptors (Lipinski definition) is 8. The summed E-state index contributed by atoms with van der Waals surface area (Å²) in [7, 11) is -2.55. The first kappa shape index (κ1) is 35.6. The Hall–Kier alpha value is -2.57. The Morgan fingerprint density at radius 2 is 1.60 bits per heavy atom. The first-order chi connectivity index (χ1) is 19.8. The Bertz CT molecular complexity index is 1140. The lowest BCUT2D eigenvalue weighted by molar-refractivity contribution is -0.156. The van der Waals surface area contributed by atoms with Gasteiger partial charge in [0.1, 0.15) is 11.9 Å². The van der Waals surface area contributed by atoms with E-state index in [0.29, 0.717) is 13.0 Å². The predicted octanol–water partition coefficient (Wildman–Crippen LogP) is 4.36. The SMILES string of the molecule is CCCCNC(=O)CCC(=O)CCC(=O)OC1[C@@H](CC)O[C@@H](n2ccc(=O)[nH]c2=O)[C@H]1O[Si](C(C)C)(C(C)C)C(C)C. The van der Waals surface area contributed by atoms with Crippen molar-refractivity contribution in [2.45, 2.75) is 141 Å². The summed E-state index contributed by atoms with van der Waals surface area (Å²) < 4.78 is 20.7. The molecule has 1 unspecified atom stereocenters. The zero-order chi connectivity index (χ0) is 31.6. The van der Waals surface area contributed by atoms with Crippen LogP contribution in [-0.2, 0) is 28.3 Å². The number of unbranched alkanes of at least 4 members (excludes halogenated alkanes) is 1. The summed E-state index contributed by atoms with van der Waals surface area (Å²) >= 11 is 0. The van der Waals surface area contributed by atoms with E-state index >= 15 is 0 Å². The van der Waals surface area contributed by atoms with Gasteiger partial charge < -0.3 is 19.2 Å². The summed E-state index contributed by atoms with van der Waals surface area (Å²) in [5.41, 5.74) is -0.545. The zero-order valence-corrected chi connectivity index (χ0v) is 27.6. The van der Waals surface area contributed by atoms with E-state index in [1.54, 1.807) is 0 Å². The smallest absolute Gasteiger partial charge is 0.330 e. The summed E-state index contributed by atoms with van der Waals surface area (Å²) in [5.74, 6) is -0.940. The van der Waals surface area contributed by atoms with Crippen LogP contribution in [0, 0.1) is 0 Å². The van der Waals surface area contributed by atoms with Gasteiger partial charge in [0.2, 0.25) is 14.2 Å². The number of carbonyl (C=O) groups excluding carboxylic acids is 3. The maximum Gasteiger partial charge on any atom is 0.330 e. The van der Waals surface area contributed by atoms with Crippen LogP contribution in [-0.4, -0.2) is 60.4 Å². The third kappa shape index (κ3) is 8.97. The number of esters is 1. The molecule has 238 valence electrons. The van der Waals surface area contributed by atoms with Gasteiger partial charge >= 0.3 is 11.7 Å². The van der Waals surface area contributed by atoms with Crippen LogP contribution in [0.1, 0.15) is 107 Å². The highest BCUT2D eigenvalue weighted by atomic mass is 28.4. The minimum absolute atomic E-state index is 0.0392. The molecule has 0 radical (unpaired) electrons. The molecule has 4 atom stereocenters. The monoisotopic (exact) mass is 609 g/mol. The highest BCUT2D eigenvalue weighted by Gasteiger charge is 2.55. The van der Waals surface area contributed by atoms with Gasteiger partial charge in [0.05, 0.1) is 12.5 Å². The molecule has 1 aliphatic rings. The number of rotatable bonds is 17. The number of aromatic amines is 1. The molecule has 12 heteroatoms. The molecule has 2 heterocycles. The molecule has 0 bridgehead atoms. The second-order valence-corrected chi connectivity index (χ2v) is 17.5. The number of H-pyrrole nitrogens is 1. The van der Waals surface area contributed by atoms with E-state index in [-0.39, 0.29) is 54.0 Å². The van der Waals surface area contributed by atoms with E-state index in [9.17, 15) is 24.0 Å². The molecule has 0 saturated carbocycles. The second kappa shape index (κ2) is 16.3. The maximum absolute atomic E-state index is 13.1. The molecule has 11 nitrogen and oxygen atoms in total. The minimum atomic E-state index is -2.55. The molecule has 0 aromatic carbocycles. The molecule has 1 aliphatic heterocycles. The Morgan fingerprint density at radius 3 is 2.14 bits per heavy atom. The van der Waals surface area contributed by atoms with Gasteiger partial charge in [-0.15, -0.1) is 0 Å². The number of carbonyl (C=O) groups is 3. The fraction of sp³-hybridized carbons (Fsp3) is 0.767. The van der Waals surface area contributed by atoms with Gasteiger partial charge in [-0.2, -0.15) is 0 Å². The maximum atomic E-state index is 13.1. The van der Waals surface area contributed by atoms with E-state index in [4.69, 9.17) is 13.9 Å². The van der Waals surface area contributed by atoms with Crippen LogP contribution in [0.25, 0.3) is 0 Å². The molecule has 0 aliphatic carbocycles. The van der Waals surface area contributed by atoms with Crippen LogP contribution >= 0.6 is 0 Å². The molecule has 1 aromatic rings. The van der Waals surface area contributed by atoms with Crippen LogP contribution in [0.5, 0.6) is 0 Å². The highest BCUT2D eigenvalue weighted by molar-refractivity contribution is 6.77. The molecular formula is C30H51N3O8Si. The van der Waals surface area contributed by atoms with Gasteiger partial charge in [-0.3, -0.25) is 28.7 Å². The first-order valence-corrected chi connectivity index (χ1v) is 17.5. The lowest BCUT2D eigenvalue weighted by Gasteiger charge is -2.45. The number of amides is 1. The van der Waals surface area contributed by atoms with Crippen molar-refractivity contribution in [3.63, 3.8) is 0 Å². The lowest BCUT2D eigenvalue weighted by atomic mass is 10.1. The standard InChI is InChI=1S/C30H51N3O8Si/c1-9-11-17-31-24(35)14-12-22(34)13-15-26(37)40-27-23(10-2)39-29(33-18-16-25(36)32-30(33)38)28(27)41-42(19(3)4,20(5)6)21(7)8/h16,18-21,23,27-29H,9-15,17H2,1-8H3,(H,31,35)(H,32,36,38)/t23-,27?,28+,29-/m1/s1. The topological polar surface area (TPSA) is 146 Å².